The summed E-state index contributed by atoms with van der Waals surface area (Å²) in [5, 5.41) is 4.06. The molecule has 8 nitrogen and oxygen atoms in total. The number of benzene rings is 2. The molecule has 0 bridgehead atoms. The molecule has 0 radical (unpaired) electrons. The summed E-state index contributed by atoms with van der Waals surface area (Å²) in [7, 11) is 0. The van der Waals surface area contributed by atoms with E-state index in [1.807, 2.05) is 12.1 Å². The number of hydrogen-bond acceptors (Lipinski definition) is 6. The first kappa shape index (κ1) is 19.0. The van der Waals surface area contributed by atoms with Crippen LogP contribution in [0, 0.1) is 0 Å². The molecule has 1 aliphatic rings. The summed E-state index contributed by atoms with van der Waals surface area (Å²) in [5.74, 6) is -0.0492. The van der Waals surface area contributed by atoms with Crippen LogP contribution in [0.5, 0.6) is 0 Å². The van der Waals surface area contributed by atoms with E-state index in [-0.39, 0.29) is 11.6 Å². The van der Waals surface area contributed by atoms with Crippen molar-refractivity contribution in [1.29, 1.82) is 0 Å². The van der Waals surface area contributed by atoms with E-state index in [1.165, 1.54) is 4.70 Å². The smallest absolute Gasteiger partial charge is 0.323 e. The molecule has 1 saturated heterocycles. The van der Waals surface area contributed by atoms with Crippen LogP contribution in [0.15, 0.2) is 47.3 Å². The van der Waals surface area contributed by atoms with Gasteiger partial charge in [0.1, 0.15) is 5.01 Å². The van der Waals surface area contributed by atoms with Crippen molar-refractivity contribution in [2.75, 3.05) is 38.0 Å². The van der Waals surface area contributed by atoms with Gasteiger partial charge in [-0.1, -0.05) is 12.1 Å². The van der Waals surface area contributed by atoms with Crippen molar-refractivity contribution in [1.82, 2.24) is 24.8 Å². The van der Waals surface area contributed by atoms with Gasteiger partial charge in [-0.25, -0.2) is 9.78 Å². The average Bonchev–Trinajstić information content (AvgIpc) is 3.30. The van der Waals surface area contributed by atoms with Crippen molar-refractivity contribution >= 4 is 44.2 Å². The van der Waals surface area contributed by atoms with Crippen LogP contribution in [0.4, 0.5) is 5.69 Å². The van der Waals surface area contributed by atoms with Crippen molar-refractivity contribution in [3.05, 3.63) is 58.0 Å². The van der Waals surface area contributed by atoms with Gasteiger partial charge >= 0.3 is 5.69 Å². The summed E-state index contributed by atoms with van der Waals surface area (Å²) in [6.45, 7) is 4.75. The maximum Gasteiger partial charge on any atom is 0.323 e. The summed E-state index contributed by atoms with van der Waals surface area (Å²) in [5.41, 5.74) is 2.90. The molecule has 1 aliphatic heterocycles. The minimum Gasteiger partial charge on any atom is -0.325 e. The first-order valence-corrected chi connectivity index (χ1v) is 10.8. The van der Waals surface area contributed by atoms with Gasteiger partial charge in [0.25, 0.3) is 0 Å². The van der Waals surface area contributed by atoms with Gasteiger partial charge in [0.05, 0.1) is 34.3 Å². The van der Waals surface area contributed by atoms with Crippen molar-refractivity contribution in [2.24, 2.45) is 0 Å². The van der Waals surface area contributed by atoms with Gasteiger partial charge in [-0.05, 0) is 30.3 Å². The van der Waals surface area contributed by atoms with E-state index >= 15 is 0 Å². The van der Waals surface area contributed by atoms with Crippen LogP contribution in [0.25, 0.3) is 21.3 Å². The second-order valence-corrected chi connectivity index (χ2v) is 8.63. The van der Waals surface area contributed by atoms with E-state index in [4.69, 9.17) is 4.98 Å². The molecule has 0 atom stereocenters. The van der Waals surface area contributed by atoms with Gasteiger partial charge in [0.15, 0.2) is 0 Å². The third-order valence-electron chi connectivity index (χ3n) is 5.33. The van der Waals surface area contributed by atoms with Crippen LogP contribution < -0.4 is 11.0 Å². The van der Waals surface area contributed by atoms with Gasteiger partial charge in [0.2, 0.25) is 5.91 Å². The van der Waals surface area contributed by atoms with E-state index < -0.39 is 0 Å². The third-order valence-corrected chi connectivity index (χ3v) is 6.35. The number of rotatable bonds is 5. The number of hydrogen-bond donors (Lipinski definition) is 3. The molecule has 1 amide bonds. The van der Waals surface area contributed by atoms with Crippen LogP contribution in [0.3, 0.4) is 0 Å². The summed E-state index contributed by atoms with van der Waals surface area (Å²) in [4.78, 5) is 38.5. The number of carbonyl (C=O) groups is 1. The minimum atomic E-state index is -0.253. The van der Waals surface area contributed by atoms with Gasteiger partial charge in [-0.2, -0.15) is 0 Å². The van der Waals surface area contributed by atoms with Crippen molar-refractivity contribution < 1.29 is 4.79 Å². The fourth-order valence-corrected chi connectivity index (χ4v) is 4.81. The Hall–Kier alpha value is -3.01. The number of H-pyrrole nitrogens is 2. The van der Waals surface area contributed by atoms with Crippen molar-refractivity contribution in [3.63, 3.8) is 0 Å². The number of aromatic nitrogens is 3. The molecule has 0 aliphatic carbocycles. The number of fused-ring (bicyclic) bond motifs is 2. The van der Waals surface area contributed by atoms with E-state index in [0.29, 0.717) is 17.7 Å². The minimum absolute atomic E-state index is 0.0492. The van der Waals surface area contributed by atoms with E-state index in [0.717, 1.165) is 48.8 Å². The number of para-hydroxylation sites is 1. The lowest BCUT2D eigenvalue weighted by atomic mass is 10.2. The van der Waals surface area contributed by atoms with Crippen LogP contribution in [-0.2, 0) is 11.3 Å². The highest BCUT2D eigenvalue weighted by atomic mass is 32.1. The molecular formula is C21H22N6O2S. The van der Waals surface area contributed by atoms with E-state index in [2.05, 4.69) is 37.2 Å². The summed E-state index contributed by atoms with van der Waals surface area (Å²) < 4.78 is 1.23. The van der Waals surface area contributed by atoms with Gasteiger partial charge in [-0.15, -0.1) is 11.3 Å². The van der Waals surface area contributed by atoms with Gasteiger partial charge in [0, 0.05) is 31.9 Å². The highest BCUT2D eigenvalue weighted by Crippen LogP contribution is 2.23. The Morgan fingerprint density at radius 2 is 1.80 bits per heavy atom. The Balaban J connectivity index is 1.12. The topological polar surface area (TPSA) is 97.1 Å². The molecule has 3 N–H and O–H groups in total. The first-order valence-electron chi connectivity index (χ1n) is 9.93. The van der Waals surface area contributed by atoms with Gasteiger partial charge < -0.3 is 15.3 Å². The first-order chi connectivity index (χ1) is 14.6. The molecule has 30 heavy (non-hydrogen) atoms. The molecule has 0 saturated carbocycles. The standard InChI is InChI=1S/C21H22N6O2S/c28-19(22-14-5-6-15-17(11-14)25-21(29)24-15)12-26-7-9-27(10-8-26)13-20-23-16-3-1-2-4-18(16)30-20/h1-6,11H,7-10,12-13H2,(H,22,28)(H2,24,25,29). The van der Waals surface area contributed by atoms with E-state index in [9.17, 15) is 9.59 Å². The lowest BCUT2D eigenvalue weighted by Crippen LogP contribution is -2.48. The Kier molecular flexibility index (Phi) is 5.07. The van der Waals surface area contributed by atoms with Crippen LogP contribution in [0.2, 0.25) is 0 Å². The highest BCUT2D eigenvalue weighted by molar-refractivity contribution is 7.18. The number of anilines is 1. The zero-order valence-electron chi connectivity index (χ0n) is 16.4. The van der Waals surface area contributed by atoms with E-state index in [1.54, 1.807) is 29.5 Å². The summed E-state index contributed by atoms with van der Waals surface area (Å²) in [6, 6.07) is 13.6. The molecule has 2 aromatic carbocycles. The van der Waals surface area contributed by atoms with Crippen LogP contribution in [-0.4, -0.2) is 63.4 Å². The quantitative estimate of drug-likeness (QED) is 0.458. The second kappa shape index (κ2) is 8.02. The van der Waals surface area contributed by atoms with Crippen molar-refractivity contribution in [3.8, 4) is 0 Å². The number of aromatic amines is 2. The Morgan fingerprint density at radius 1 is 1.03 bits per heavy atom. The molecule has 3 heterocycles. The SMILES string of the molecule is O=C(CN1CCN(Cc2nc3ccccc3s2)CC1)Nc1ccc2[nH]c(=O)[nH]c2c1. The molecule has 1 fully saturated rings. The molecule has 5 rings (SSSR count). The Morgan fingerprint density at radius 3 is 2.63 bits per heavy atom. The molecule has 154 valence electrons. The number of thiazole rings is 1. The third kappa shape index (κ3) is 4.13. The zero-order chi connectivity index (χ0) is 20.5. The molecule has 2 aromatic heterocycles. The number of imidazole rings is 1. The average molecular weight is 423 g/mol. The number of piperazine rings is 1. The van der Waals surface area contributed by atoms with Gasteiger partial charge in [-0.3, -0.25) is 14.6 Å². The predicted octanol–water partition coefficient (Wildman–Crippen LogP) is 2.22. The van der Waals surface area contributed by atoms with Crippen LogP contribution in [0.1, 0.15) is 5.01 Å². The Labute approximate surface area is 176 Å². The Bertz CT molecular complexity index is 1220. The number of amides is 1. The lowest BCUT2D eigenvalue weighted by Gasteiger charge is -2.33. The molecule has 9 heteroatoms. The fraction of sp³-hybridized carbons (Fsp3) is 0.286. The number of nitrogens with one attached hydrogen (secondary N) is 3. The second-order valence-electron chi connectivity index (χ2n) is 7.52. The molecule has 0 unspecified atom stereocenters. The normalized spacial score (nSPS) is 15.7. The lowest BCUT2D eigenvalue weighted by molar-refractivity contribution is -0.117. The van der Waals surface area contributed by atoms with Crippen LogP contribution >= 0.6 is 11.3 Å². The number of nitrogens with zero attached hydrogens (tertiary/aromatic N) is 3. The zero-order valence-corrected chi connectivity index (χ0v) is 17.2. The maximum atomic E-state index is 12.4. The summed E-state index contributed by atoms with van der Waals surface area (Å²) >= 11 is 1.75. The fourth-order valence-electron chi connectivity index (χ4n) is 3.80. The molecule has 4 aromatic rings. The molecule has 0 spiro atoms. The van der Waals surface area contributed by atoms with Crippen molar-refractivity contribution in [2.45, 2.75) is 6.54 Å². The predicted molar refractivity (Wildman–Crippen MR) is 119 cm³/mol. The maximum absolute atomic E-state index is 12.4. The monoisotopic (exact) mass is 422 g/mol. The largest absolute Gasteiger partial charge is 0.325 e. The number of carbonyl (C=O) groups excluding carboxylic acids is 1. The highest BCUT2D eigenvalue weighted by Gasteiger charge is 2.20. The summed E-state index contributed by atoms with van der Waals surface area (Å²) in [6.07, 6.45) is 0. The molecular weight excluding hydrogens is 400 g/mol.